The minimum absolute atomic E-state index is 0.0864. The average Bonchev–Trinajstić information content (AvgIpc) is 3.45. The van der Waals surface area contributed by atoms with Gasteiger partial charge in [0.25, 0.3) is 5.91 Å². The molecular weight excluding hydrogens is 314 g/mol. The number of benzene rings is 1. The zero-order valence-corrected chi connectivity index (χ0v) is 14.3. The maximum Gasteiger partial charge on any atom is 0.254 e. The van der Waals surface area contributed by atoms with Crippen molar-refractivity contribution in [3.05, 3.63) is 53.1 Å². The van der Waals surface area contributed by atoms with Crippen molar-refractivity contribution in [1.29, 1.82) is 0 Å². The van der Waals surface area contributed by atoms with E-state index in [0.717, 1.165) is 30.7 Å². The van der Waals surface area contributed by atoms with Crippen LogP contribution in [0.15, 0.2) is 30.5 Å². The Hall–Kier alpha value is -2.43. The van der Waals surface area contributed by atoms with E-state index in [4.69, 9.17) is 9.72 Å². The fourth-order valence-electron chi connectivity index (χ4n) is 4.25. The molecule has 0 radical (unpaired) electrons. The monoisotopic (exact) mass is 335 g/mol. The first kappa shape index (κ1) is 14.9. The van der Waals surface area contributed by atoms with Crippen molar-refractivity contribution < 1.29 is 9.53 Å². The molecule has 3 aliphatic rings. The molecule has 0 N–H and O–H groups in total. The predicted molar refractivity (Wildman–Crippen MR) is 92.6 cm³/mol. The summed E-state index contributed by atoms with van der Waals surface area (Å²) in [5, 5.41) is 0. The van der Waals surface area contributed by atoms with Crippen molar-refractivity contribution in [2.75, 3.05) is 7.11 Å². The largest absolute Gasteiger partial charge is 0.497 e. The van der Waals surface area contributed by atoms with Crippen LogP contribution in [0.1, 0.15) is 65.1 Å². The lowest BCUT2D eigenvalue weighted by molar-refractivity contribution is 0.0643. The third-order valence-corrected chi connectivity index (χ3v) is 5.70. The first-order valence-corrected chi connectivity index (χ1v) is 9.07. The Morgan fingerprint density at radius 2 is 2.12 bits per heavy atom. The van der Waals surface area contributed by atoms with Crippen LogP contribution in [0.2, 0.25) is 0 Å². The number of amides is 1. The van der Waals surface area contributed by atoms with Crippen molar-refractivity contribution in [3.8, 4) is 5.75 Å². The zero-order valence-electron chi connectivity index (χ0n) is 14.3. The van der Waals surface area contributed by atoms with Crippen molar-refractivity contribution >= 4 is 5.91 Å². The van der Waals surface area contributed by atoms with Crippen LogP contribution in [0.5, 0.6) is 5.75 Å². The minimum atomic E-state index is 0.0864. The second-order valence-corrected chi connectivity index (χ2v) is 7.30. The topological polar surface area (TPSA) is 55.3 Å². The predicted octanol–water partition coefficient (Wildman–Crippen LogP) is 3.26. The molecule has 0 unspecified atom stereocenters. The van der Waals surface area contributed by atoms with E-state index in [0.29, 0.717) is 17.2 Å². The molecule has 1 aromatic heterocycles. The standard InChI is InChI=1S/C20H21N3O2/c1-25-15-4-2-3-13(9-15)20(24)23-14-7-8-18(23)16-11-21-19(12-5-6-12)22-17(16)10-14/h2-4,9,11-12,14,18H,5-8,10H2,1H3/t14-,18+/m1/s1. The summed E-state index contributed by atoms with van der Waals surface area (Å²) in [5.74, 6) is 2.38. The van der Waals surface area contributed by atoms with Gasteiger partial charge in [-0.2, -0.15) is 0 Å². The van der Waals surface area contributed by atoms with Crippen LogP contribution in [-0.4, -0.2) is 33.9 Å². The zero-order chi connectivity index (χ0) is 17.0. The minimum Gasteiger partial charge on any atom is -0.497 e. The van der Waals surface area contributed by atoms with Gasteiger partial charge < -0.3 is 9.64 Å². The molecule has 2 bridgehead atoms. The van der Waals surface area contributed by atoms with Gasteiger partial charge in [-0.1, -0.05) is 6.07 Å². The maximum atomic E-state index is 13.2. The summed E-state index contributed by atoms with van der Waals surface area (Å²) in [6.07, 6.45) is 7.30. The van der Waals surface area contributed by atoms with E-state index in [-0.39, 0.29) is 18.0 Å². The SMILES string of the molecule is COc1cccc(C(=O)N2[C@@H]3CC[C@H]2c2cnc(C4CC4)nc2C3)c1. The number of methoxy groups -OCH3 is 1. The number of aromatic nitrogens is 2. The van der Waals surface area contributed by atoms with E-state index in [1.807, 2.05) is 30.5 Å². The van der Waals surface area contributed by atoms with Crippen LogP contribution in [0, 0.1) is 0 Å². The van der Waals surface area contributed by atoms with E-state index in [1.165, 1.54) is 18.5 Å². The smallest absolute Gasteiger partial charge is 0.254 e. The lowest BCUT2D eigenvalue weighted by atomic mass is 9.98. The number of nitrogens with zero attached hydrogens (tertiary/aromatic N) is 3. The molecule has 0 spiro atoms. The molecule has 5 rings (SSSR count). The molecular formula is C20H21N3O2. The summed E-state index contributed by atoms with van der Waals surface area (Å²) >= 11 is 0. The Labute approximate surface area is 147 Å². The Kier molecular flexibility index (Phi) is 3.30. The third kappa shape index (κ3) is 2.41. The van der Waals surface area contributed by atoms with Gasteiger partial charge in [0.2, 0.25) is 0 Å². The molecule has 1 saturated carbocycles. The number of carbonyl (C=O) groups excluding carboxylic acids is 1. The van der Waals surface area contributed by atoms with Crippen LogP contribution in [0.3, 0.4) is 0 Å². The third-order valence-electron chi connectivity index (χ3n) is 5.70. The highest BCUT2D eigenvalue weighted by Crippen LogP contribution is 2.45. The number of ether oxygens (including phenoxy) is 1. The second-order valence-electron chi connectivity index (χ2n) is 7.30. The average molecular weight is 335 g/mol. The second kappa shape index (κ2) is 5.55. The summed E-state index contributed by atoms with van der Waals surface area (Å²) in [7, 11) is 1.62. The summed E-state index contributed by atoms with van der Waals surface area (Å²) in [5.41, 5.74) is 3.00. The van der Waals surface area contributed by atoms with Crippen molar-refractivity contribution in [2.45, 2.75) is 50.1 Å². The Morgan fingerprint density at radius 3 is 2.92 bits per heavy atom. The summed E-state index contributed by atoms with van der Waals surface area (Å²) in [6, 6.07) is 7.79. The highest BCUT2D eigenvalue weighted by atomic mass is 16.5. The molecule has 1 amide bonds. The van der Waals surface area contributed by atoms with Crippen LogP contribution < -0.4 is 4.74 Å². The van der Waals surface area contributed by atoms with Crippen LogP contribution in [0.4, 0.5) is 0 Å². The maximum absolute atomic E-state index is 13.2. The van der Waals surface area contributed by atoms with E-state index in [9.17, 15) is 4.79 Å². The number of carbonyl (C=O) groups is 1. The van der Waals surface area contributed by atoms with Crippen LogP contribution in [-0.2, 0) is 6.42 Å². The lowest BCUT2D eigenvalue weighted by Crippen LogP contribution is -2.42. The Bertz CT molecular complexity index is 847. The molecule has 1 aromatic carbocycles. The highest BCUT2D eigenvalue weighted by Gasteiger charge is 2.44. The van der Waals surface area contributed by atoms with E-state index in [2.05, 4.69) is 9.88 Å². The first-order valence-electron chi connectivity index (χ1n) is 9.07. The van der Waals surface area contributed by atoms with E-state index < -0.39 is 0 Å². The molecule has 5 nitrogen and oxygen atoms in total. The van der Waals surface area contributed by atoms with Gasteiger partial charge in [-0.05, 0) is 43.9 Å². The van der Waals surface area contributed by atoms with Gasteiger partial charge in [-0.25, -0.2) is 9.97 Å². The van der Waals surface area contributed by atoms with Crippen LogP contribution >= 0.6 is 0 Å². The van der Waals surface area contributed by atoms with Gasteiger partial charge in [0.05, 0.1) is 18.8 Å². The molecule has 2 aromatic rings. The number of rotatable bonds is 3. The van der Waals surface area contributed by atoms with Gasteiger partial charge in [0.15, 0.2) is 0 Å². The molecule has 2 atom stereocenters. The van der Waals surface area contributed by atoms with Crippen molar-refractivity contribution in [1.82, 2.24) is 14.9 Å². The quantitative estimate of drug-likeness (QED) is 0.864. The number of hydrogen-bond donors (Lipinski definition) is 0. The van der Waals surface area contributed by atoms with Gasteiger partial charge in [-0.15, -0.1) is 0 Å². The van der Waals surface area contributed by atoms with E-state index in [1.54, 1.807) is 7.11 Å². The van der Waals surface area contributed by atoms with Gasteiger partial charge in [0.1, 0.15) is 11.6 Å². The first-order chi connectivity index (χ1) is 12.2. The Balaban J connectivity index is 1.48. The number of hydrogen-bond acceptors (Lipinski definition) is 4. The van der Waals surface area contributed by atoms with Gasteiger partial charge in [0, 0.05) is 35.7 Å². The normalized spacial score (nSPS) is 24.1. The summed E-state index contributed by atoms with van der Waals surface area (Å²) in [6.45, 7) is 0. The van der Waals surface area contributed by atoms with Gasteiger partial charge >= 0.3 is 0 Å². The molecule has 5 heteroatoms. The molecule has 3 heterocycles. The molecule has 25 heavy (non-hydrogen) atoms. The number of fused-ring (bicyclic) bond motifs is 4. The summed E-state index contributed by atoms with van der Waals surface area (Å²) in [4.78, 5) is 24.6. The van der Waals surface area contributed by atoms with E-state index >= 15 is 0 Å². The van der Waals surface area contributed by atoms with Crippen molar-refractivity contribution in [3.63, 3.8) is 0 Å². The molecule has 1 aliphatic carbocycles. The highest BCUT2D eigenvalue weighted by molar-refractivity contribution is 5.95. The lowest BCUT2D eigenvalue weighted by Gasteiger charge is -2.35. The molecule has 1 saturated heterocycles. The van der Waals surface area contributed by atoms with Crippen molar-refractivity contribution in [2.24, 2.45) is 0 Å². The molecule has 2 aliphatic heterocycles. The molecule has 128 valence electrons. The summed E-state index contributed by atoms with van der Waals surface area (Å²) < 4.78 is 5.27. The van der Waals surface area contributed by atoms with Crippen LogP contribution in [0.25, 0.3) is 0 Å². The fraction of sp³-hybridized carbons (Fsp3) is 0.450. The molecule has 2 fully saturated rings. The van der Waals surface area contributed by atoms with Gasteiger partial charge in [-0.3, -0.25) is 4.79 Å². The Morgan fingerprint density at radius 1 is 1.24 bits per heavy atom. The fourth-order valence-corrected chi connectivity index (χ4v) is 4.25.